The molecule has 1 atom stereocenters. The maximum Gasteiger partial charge on any atom is 0.274 e. The van der Waals surface area contributed by atoms with Crippen molar-refractivity contribution in [3.63, 3.8) is 0 Å². The highest BCUT2D eigenvalue weighted by Gasteiger charge is 2.29. The van der Waals surface area contributed by atoms with Crippen molar-refractivity contribution in [1.82, 2.24) is 25.1 Å². The lowest BCUT2D eigenvalue weighted by Crippen LogP contribution is -2.39. The molecule has 0 N–H and O–H groups in total. The van der Waals surface area contributed by atoms with Gasteiger partial charge in [0, 0.05) is 36.4 Å². The maximum atomic E-state index is 12.5. The van der Waals surface area contributed by atoms with Gasteiger partial charge in [0.05, 0.1) is 12.1 Å². The molecule has 4 heterocycles. The number of carbonyl (C=O) groups is 1. The lowest BCUT2D eigenvalue weighted by atomic mass is 9.98. The number of hydrogen-bond acceptors (Lipinski definition) is 7. The van der Waals surface area contributed by atoms with Crippen LogP contribution < -0.4 is 0 Å². The maximum absolute atomic E-state index is 12.5. The van der Waals surface area contributed by atoms with Crippen LogP contribution in [0.2, 0.25) is 0 Å². The monoisotopic (exact) mass is 341 g/mol. The molecule has 1 amide bonds. The largest absolute Gasteiger partial charge is 0.420 e. The summed E-state index contributed by atoms with van der Waals surface area (Å²) in [7, 11) is 0. The van der Waals surface area contributed by atoms with Gasteiger partial charge in [0.25, 0.3) is 5.91 Å². The quantitative estimate of drug-likeness (QED) is 0.728. The van der Waals surface area contributed by atoms with Crippen molar-refractivity contribution in [3.05, 3.63) is 47.0 Å². The molecule has 1 aliphatic heterocycles. The molecular formula is C16H15N5O2S. The highest BCUT2D eigenvalue weighted by Crippen LogP contribution is 2.29. The third-order valence-electron chi connectivity index (χ3n) is 4.05. The third-order valence-corrected chi connectivity index (χ3v) is 4.73. The van der Waals surface area contributed by atoms with Crippen LogP contribution >= 0.6 is 11.3 Å². The summed E-state index contributed by atoms with van der Waals surface area (Å²) in [5.41, 5.74) is 1.30. The molecular weight excluding hydrogens is 326 g/mol. The van der Waals surface area contributed by atoms with Gasteiger partial charge in [-0.25, -0.2) is 4.98 Å². The van der Waals surface area contributed by atoms with Crippen molar-refractivity contribution in [2.75, 3.05) is 13.1 Å². The Morgan fingerprint density at radius 2 is 2.29 bits per heavy atom. The Morgan fingerprint density at radius 1 is 1.33 bits per heavy atom. The van der Waals surface area contributed by atoms with Crippen molar-refractivity contribution in [2.24, 2.45) is 0 Å². The molecule has 0 aliphatic carbocycles. The molecule has 122 valence electrons. The molecule has 4 rings (SSSR count). The smallest absolute Gasteiger partial charge is 0.274 e. The molecule has 1 unspecified atom stereocenters. The number of amides is 1. The molecule has 0 radical (unpaired) electrons. The zero-order valence-corrected chi connectivity index (χ0v) is 13.6. The average molecular weight is 341 g/mol. The SMILES string of the molecule is O=C(c1cnccn1)N1CCCC(c2nnc(-c3ccsc3)o2)C1. The van der Waals surface area contributed by atoms with Crippen molar-refractivity contribution < 1.29 is 9.21 Å². The van der Waals surface area contributed by atoms with E-state index in [1.807, 2.05) is 16.8 Å². The molecule has 1 aliphatic rings. The second-order valence-electron chi connectivity index (χ2n) is 5.64. The van der Waals surface area contributed by atoms with Gasteiger partial charge >= 0.3 is 0 Å². The van der Waals surface area contributed by atoms with E-state index >= 15 is 0 Å². The van der Waals surface area contributed by atoms with Crippen LogP contribution in [-0.2, 0) is 0 Å². The molecule has 3 aromatic rings. The van der Waals surface area contributed by atoms with E-state index in [1.165, 1.54) is 12.4 Å². The molecule has 1 fully saturated rings. The molecule has 7 nitrogen and oxygen atoms in total. The van der Waals surface area contributed by atoms with E-state index in [9.17, 15) is 4.79 Å². The molecule has 3 aromatic heterocycles. The van der Waals surface area contributed by atoms with E-state index < -0.39 is 0 Å². The van der Waals surface area contributed by atoms with Crippen LogP contribution in [0.15, 0.2) is 39.8 Å². The van der Waals surface area contributed by atoms with Crippen molar-refractivity contribution in [2.45, 2.75) is 18.8 Å². The van der Waals surface area contributed by atoms with Gasteiger partial charge in [-0.1, -0.05) is 0 Å². The highest BCUT2D eigenvalue weighted by atomic mass is 32.1. The van der Waals surface area contributed by atoms with Crippen LogP contribution in [0.4, 0.5) is 0 Å². The minimum Gasteiger partial charge on any atom is -0.420 e. The number of likely N-dealkylation sites (tertiary alicyclic amines) is 1. The first kappa shape index (κ1) is 14.9. The van der Waals surface area contributed by atoms with Crippen LogP contribution in [-0.4, -0.2) is 44.1 Å². The Balaban J connectivity index is 1.50. The van der Waals surface area contributed by atoms with Gasteiger partial charge < -0.3 is 9.32 Å². The van der Waals surface area contributed by atoms with Crippen LogP contribution in [0.3, 0.4) is 0 Å². The Bertz CT molecular complexity index is 818. The molecule has 0 spiro atoms. The summed E-state index contributed by atoms with van der Waals surface area (Å²) in [6.45, 7) is 1.26. The normalized spacial score (nSPS) is 17.8. The summed E-state index contributed by atoms with van der Waals surface area (Å²) in [5.74, 6) is 1.07. The van der Waals surface area contributed by atoms with Gasteiger partial charge in [-0.15, -0.1) is 10.2 Å². The fourth-order valence-corrected chi connectivity index (χ4v) is 3.47. The number of carbonyl (C=O) groups excluding carboxylic acids is 1. The number of aromatic nitrogens is 4. The van der Waals surface area contributed by atoms with E-state index in [1.54, 1.807) is 22.4 Å². The van der Waals surface area contributed by atoms with Gasteiger partial charge in [-0.05, 0) is 24.3 Å². The Morgan fingerprint density at radius 3 is 3.08 bits per heavy atom. The number of hydrogen-bond donors (Lipinski definition) is 0. The fourth-order valence-electron chi connectivity index (χ4n) is 2.84. The number of thiophene rings is 1. The predicted molar refractivity (Wildman–Crippen MR) is 87.5 cm³/mol. The standard InChI is InChI=1S/C16H15N5O2S/c22-16(13-8-17-4-5-18-13)21-6-1-2-11(9-21)14-19-20-15(23-14)12-3-7-24-10-12/h3-5,7-8,10-11H,1-2,6,9H2. The van der Waals surface area contributed by atoms with Crippen molar-refractivity contribution >= 4 is 17.2 Å². The second kappa shape index (κ2) is 6.48. The van der Waals surface area contributed by atoms with E-state index in [0.29, 0.717) is 30.6 Å². The van der Waals surface area contributed by atoms with Gasteiger partial charge in [-0.3, -0.25) is 9.78 Å². The molecule has 8 heteroatoms. The Kier molecular flexibility index (Phi) is 4.04. The van der Waals surface area contributed by atoms with E-state index in [-0.39, 0.29) is 11.8 Å². The fraction of sp³-hybridized carbons (Fsp3) is 0.312. The van der Waals surface area contributed by atoms with E-state index in [2.05, 4.69) is 20.2 Å². The van der Waals surface area contributed by atoms with Crippen LogP contribution in [0.5, 0.6) is 0 Å². The number of rotatable bonds is 3. The summed E-state index contributed by atoms with van der Waals surface area (Å²) >= 11 is 1.59. The summed E-state index contributed by atoms with van der Waals surface area (Å²) in [4.78, 5) is 22.4. The van der Waals surface area contributed by atoms with Gasteiger partial charge in [0.2, 0.25) is 11.8 Å². The Hall–Kier alpha value is -2.61. The van der Waals surface area contributed by atoms with Gasteiger partial charge in [-0.2, -0.15) is 11.3 Å². The Labute approximate surface area is 142 Å². The predicted octanol–water partition coefficient (Wildman–Crippen LogP) is 2.61. The first-order valence-corrected chi connectivity index (χ1v) is 8.67. The summed E-state index contributed by atoms with van der Waals surface area (Å²) in [6, 6.07) is 1.95. The minimum absolute atomic E-state index is 0.0549. The summed E-state index contributed by atoms with van der Waals surface area (Å²) in [6.07, 6.45) is 6.40. The molecule has 1 saturated heterocycles. The molecule has 24 heavy (non-hydrogen) atoms. The zero-order valence-electron chi connectivity index (χ0n) is 12.8. The zero-order chi connectivity index (χ0) is 16.4. The lowest BCUT2D eigenvalue weighted by molar-refractivity contribution is 0.0692. The topological polar surface area (TPSA) is 85.0 Å². The number of nitrogens with zero attached hydrogens (tertiary/aromatic N) is 5. The van der Waals surface area contributed by atoms with Crippen LogP contribution in [0.25, 0.3) is 11.5 Å². The summed E-state index contributed by atoms with van der Waals surface area (Å²) in [5, 5.41) is 12.3. The van der Waals surface area contributed by atoms with E-state index in [0.717, 1.165) is 18.4 Å². The molecule has 0 bridgehead atoms. The number of piperidine rings is 1. The second-order valence-corrected chi connectivity index (χ2v) is 6.42. The first-order valence-electron chi connectivity index (χ1n) is 7.72. The molecule has 0 aromatic carbocycles. The minimum atomic E-state index is -0.106. The lowest BCUT2D eigenvalue weighted by Gasteiger charge is -2.30. The molecule has 0 saturated carbocycles. The van der Waals surface area contributed by atoms with Crippen LogP contribution in [0, 0.1) is 0 Å². The summed E-state index contributed by atoms with van der Waals surface area (Å²) < 4.78 is 5.82. The van der Waals surface area contributed by atoms with Crippen molar-refractivity contribution in [3.8, 4) is 11.5 Å². The van der Waals surface area contributed by atoms with Crippen LogP contribution in [0.1, 0.15) is 35.1 Å². The van der Waals surface area contributed by atoms with Gasteiger partial charge in [0.1, 0.15) is 5.69 Å². The average Bonchev–Trinajstić information content (AvgIpc) is 3.33. The third kappa shape index (κ3) is 2.92. The van der Waals surface area contributed by atoms with Gasteiger partial charge in [0.15, 0.2) is 0 Å². The van der Waals surface area contributed by atoms with E-state index in [4.69, 9.17) is 4.42 Å². The van der Waals surface area contributed by atoms with Crippen molar-refractivity contribution in [1.29, 1.82) is 0 Å². The highest BCUT2D eigenvalue weighted by molar-refractivity contribution is 7.08. The first-order chi connectivity index (χ1) is 11.8.